The quantitative estimate of drug-likeness (QED) is 0.623. The van der Waals surface area contributed by atoms with Crippen LogP contribution in [0.3, 0.4) is 0 Å². The Morgan fingerprint density at radius 1 is 0.929 bits per heavy atom. The second-order valence-corrected chi connectivity index (χ2v) is 6.79. The fourth-order valence-corrected chi connectivity index (χ4v) is 3.16. The molecule has 0 saturated heterocycles. The molecule has 1 aliphatic rings. The number of carbonyl (C=O) groups excluding carboxylic acids is 1. The van der Waals surface area contributed by atoms with E-state index in [1.165, 1.54) is 6.08 Å². The first-order valence-electron chi connectivity index (χ1n) is 8.88. The molecule has 0 fully saturated rings. The number of carbonyl (C=O) groups is 1. The molecule has 3 aromatic rings. The van der Waals surface area contributed by atoms with Gasteiger partial charge in [0.15, 0.2) is 11.5 Å². The standard InChI is InChI=1S/C23H18ClNO3/c24-19-10-8-18(9-11-19)23(17-4-2-1-3-5-17)25-22(26)13-7-16-6-12-20-21(14-16)28-15-27-20/h1-14,23H,15H2,(H,25,26)/b13-7+. The molecule has 0 radical (unpaired) electrons. The third-order valence-corrected chi connectivity index (χ3v) is 4.70. The number of ether oxygens (including phenoxy) is 2. The average Bonchev–Trinajstić information content (AvgIpc) is 3.20. The van der Waals surface area contributed by atoms with Gasteiger partial charge in [0.25, 0.3) is 0 Å². The van der Waals surface area contributed by atoms with E-state index in [9.17, 15) is 4.79 Å². The minimum absolute atomic E-state index is 0.193. The topological polar surface area (TPSA) is 47.6 Å². The molecule has 0 aliphatic carbocycles. The van der Waals surface area contributed by atoms with Gasteiger partial charge in [-0.25, -0.2) is 0 Å². The van der Waals surface area contributed by atoms with Gasteiger partial charge in [0, 0.05) is 11.1 Å². The van der Waals surface area contributed by atoms with Crippen LogP contribution in [0.2, 0.25) is 5.02 Å². The molecule has 0 saturated carbocycles. The van der Waals surface area contributed by atoms with Crippen molar-refractivity contribution in [1.29, 1.82) is 0 Å². The highest BCUT2D eigenvalue weighted by molar-refractivity contribution is 6.30. The summed E-state index contributed by atoms with van der Waals surface area (Å²) in [5, 5.41) is 3.72. The molecular formula is C23H18ClNO3. The molecule has 1 heterocycles. The lowest BCUT2D eigenvalue weighted by molar-refractivity contribution is -0.116. The third-order valence-electron chi connectivity index (χ3n) is 4.45. The van der Waals surface area contributed by atoms with Gasteiger partial charge in [0.1, 0.15) is 0 Å². The summed E-state index contributed by atoms with van der Waals surface area (Å²) in [7, 11) is 0. The van der Waals surface area contributed by atoms with Gasteiger partial charge in [-0.1, -0.05) is 60.1 Å². The maximum Gasteiger partial charge on any atom is 0.244 e. The Bertz CT molecular complexity index is 1000. The SMILES string of the molecule is O=C(/C=C/c1ccc2c(c1)OCO2)NC(c1ccccc1)c1ccc(Cl)cc1. The molecule has 0 bridgehead atoms. The fraction of sp³-hybridized carbons (Fsp3) is 0.0870. The van der Waals surface area contributed by atoms with Crippen LogP contribution in [0.15, 0.2) is 78.9 Å². The summed E-state index contributed by atoms with van der Waals surface area (Å²) in [5.74, 6) is 1.21. The van der Waals surface area contributed by atoms with Gasteiger partial charge in [-0.3, -0.25) is 4.79 Å². The molecule has 1 N–H and O–H groups in total. The first-order valence-corrected chi connectivity index (χ1v) is 9.25. The van der Waals surface area contributed by atoms with Crippen molar-refractivity contribution >= 4 is 23.6 Å². The molecule has 3 aromatic carbocycles. The van der Waals surface area contributed by atoms with Crippen LogP contribution in [-0.2, 0) is 4.79 Å². The molecular weight excluding hydrogens is 374 g/mol. The Morgan fingerprint density at radius 2 is 1.64 bits per heavy atom. The van der Waals surface area contributed by atoms with Crippen LogP contribution in [0.5, 0.6) is 11.5 Å². The molecule has 1 aliphatic heterocycles. The number of amides is 1. The monoisotopic (exact) mass is 391 g/mol. The molecule has 5 heteroatoms. The van der Waals surface area contributed by atoms with Crippen LogP contribution in [0.25, 0.3) is 6.08 Å². The van der Waals surface area contributed by atoms with Crippen molar-refractivity contribution in [1.82, 2.24) is 5.32 Å². The third kappa shape index (κ3) is 4.18. The fourth-order valence-electron chi connectivity index (χ4n) is 3.04. The van der Waals surface area contributed by atoms with E-state index < -0.39 is 0 Å². The van der Waals surface area contributed by atoms with Gasteiger partial charge in [0.05, 0.1) is 6.04 Å². The Morgan fingerprint density at radius 3 is 2.43 bits per heavy atom. The van der Waals surface area contributed by atoms with Crippen LogP contribution < -0.4 is 14.8 Å². The van der Waals surface area contributed by atoms with Crippen molar-refractivity contribution in [2.45, 2.75) is 6.04 Å². The van der Waals surface area contributed by atoms with Crippen molar-refractivity contribution in [3.8, 4) is 11.5 Å². The van der Waals surface area contributed by atoms with E-state index in [1.807, 2.05) is 72.8 Å². The summed E-state index contributed by atoms with van der Waals surface area (Å²) in [6, 6.07) is 22.6. The van der Waals surface area contributed by atoms with E-state index in [4.69, 9.17) is 21.1 Å². The summed E-state index contributed by atoms with van der Waals surface area (Å²) in [6.45, 7) is 0.225. The normalized spacial score (nSPS) is 13.5. The van der Waals surface area contributed by atoms with Gasteiger partial charge in [-0.15, -0.1) is 0 Å². The van der Waals surface area contributed by atoms with Crippen LogP contribution in [0, 0.1) is 0 Å². The Hall–Kier alpha value is -3.24. The number of rotatable bonds is 5. The van der Waals surface area contributed by atoms with Crippen LogP contribution >= 0.6 is 11.6 Å². The van der Waals surface area contributed by atoms with E-state index in [0.29, 0.717) is 16.5 Å². The molecule has 1 unspecified atom stereocenters. The summed E-state index contributed by atoms with van der Waals surface area (Å²) in [5.41, 5.74) is 2.82. The van der Waals surface area contributed by atoms with E-state index >= 15 is 0 Å². The van der Waals surface area contributed by atoms with Crippen LogP contribution in [0.4, 0.5) is 0 Å². The molecule has 140 valence electrons. The zero-order valence-electron chi connectivity index (χ0n) is 15.0. The summed E-state index contributed by atoms with van der Waals surface area (Å²) in [4.78, 5) is 12.6. The first kappa shape index (κ1) is 18.1. The van der Waals surface area contributed by atoms with Crippen molar-refractivity contribution in [2.75, 3.05) is 6.79 Å². The van der Waals surface area contributed by atoms with E-state index in [1.54, 1.807) is 6.08 Å². The highest BCUT2D eigenvalue weighted by Crippen LogP contribution is 2.32. The van der Waals surface area contributed by atoms with Crippen molar-refractivity contribution in [2.24, 2.45) is 0 Å². The number of halogens is 1. The molecule has 0 spiro atoms. The molecule has 1 atom stereocenters. The average molecular weight is 392 g/mol. The lowest BCUT2D eigenvalue weighted by Crippen LogP contribution is -2.27. The molecule has 28 heavy (non-hydrogen) atoms. The van der Waals surface area contributed by atoms with E-state index in [0.717, 1.165) is 16.7 Å². The maximum absolute atomic E-state index is 12.6. The van der Waals surface area contributed by atoms with Crippen molar-refractivity contribution in [3.05, 3.63) is 101 Å². The van der Waals surface area contributed by atoms with Gasteiger partial charge in [0.2, 0.25) is 12.7 Å². The largest absolute Gasteiger partial charge is 0.454 e. The Balaban J connectivity index is 1.53. The number of hydrogen-bond donors (Lipinski definition) is 1. The van der Waals surface area contributed by atoms with Gasteiger partial charge < -0.3 is 14.8 Å². The molecule has 0 aromatic heterocycles. The minimum Gasteiger partial charge on any atom is -0.454 e. The van der Waals surface area contributed by atoms with Gasteiger partial charge in [-0.2, -0.15) is 0 Å². The number of fused-ring (bicyclic) bond motifs is 1. The van der Waals surface area contributed by atoms with Crippen LogP contribution in [0.1, 0.15) is 22.7 Å². The molecule has 4 nitrogen and oxygen atoms in total. The number of benzene rings is 3. The van der Waals surface area contributed by atoms with Crippen molar-refractivity contribution < 1.29 is 14.3 Å². The van der Waals surface area contributed by atoms with E-state index in [-0.39, 0.29) is 18.7 Å². The zero-order valence-corrected chi connectivity index (χ0v) is 15.7. The smallest absolute Gasteiger partial charge is 0.244 e. The summed E-state index contributed by atoms with van der Waals surface area (Å²) in [6.07, 6.45) is 3.27. The van der Waals surface area contributed by atoms with Gasteiger partial charge in [-0.05, 0) is 47.0 Å². The Labute approximate surface area is 168 Å². The Kier molecular flexibility index (Phi) is 5.31. The van der Waals surface area contributed by atoms with Gasteiger partial charge >= 0.3 is 0 Å². The first-order chi connectivity index (χ1) is 13.7. The minimum atomic E-state index is -0.271. The highest BCUT2D eigenvalue weighted by atomic mass is 35.5. The second kappa shape index (κ2) is 8.19. The molecule has 1 amide bonds. The predicted octanol–water partition coefficient (Wildman–Crippen LogP) is 4.99. The summed E-state index contributed by atoms with van der Waals surface area (Å²) >= 11 is 6.01. The number of hydrogen-bond acceptors (Lipinski definition) is 3. The lowest BCUT2D eigenvalue weighted by Gasteiger charge is -2.19. The second-order valence-electron chi connectivity index (χ2n) is 6.35. The van der Waals surface area contributed by atoms with Crippen molar-refractivity contribution in [3.63, 3.8) is 0 Å². The maximum atomic E-state index is 12.6. The predicted molar refractivity (Wildman–Crippen MR) is 109 cm³/mol. The number of nitrogens with one attached hydrogen (secondary N) is 1. The van der Waals surface area contributed by atoms with Crippen LogP contribution in [-0.4, -0.2) is 12.7 Å². The lowest BCUT2D eigenvalue weighted by atomic mass is 9.98. The molecule has 4 rings (SSSR count). The highest BCUT2D eigenvalue weighted by Gasteiger charge is 2.16. The van der Waals surface area contributed by atoms with E-state index in [2.05, 4.69) is 5.32 Å². The zero-order chi connectivity index (χ0) is 19.3. The summed E-state index contributed by atoms with van der Waals surface area (Å²) < 4.78 is 10.7.